The Morgan fingerprint density at radius 1 is 1.63 bits per heavy atom. The number of hydrogen-bond acceptors (Lipinski definition) is 7. The van der Waals surface area contributed by atoms with Crippen molar-refractivity contribution in [1.29, 1.82) is 0 Å². The van der Waals surface area contributed by atoms with Crippen LogP contribution in [0.5, 0.6) is 0 Å². The lowest BCUT2D eigenvalue weighted by Crippen LogP contribution is -2.17. The van der Waals surface area contributed by atoms with Crippen molar-refractivity contribution in [2.24, 2.45) is 5.10 Å². The molecule has 0 atom stereocenters. The summed E-state index contributed by atoms with van der Waals surface area (Å²) in [5.41, 5.74) is 2.36. The van der Waals surface area contributed by atoms with Gasteiger partial charge < -0.3 is 4.52 Å². The molecule has 98 valence electrons. The van der Waals surface area contributed by atoms with E-state index in [2.05, 4.69) is 15.7 Å². The Kier molecular flexibility index (Phi) is 3.66. The summed E-state index contributed by atoms with van der Waals surface area (Å²) in [7, 11) is 0. The minimum Gasteiger partial charge on any atom is -0.361 e. The number of carbonyl (C=O) groups is 1. The van der Waals surface area contributed by atoms with Crippen LogP contribution in [-0.4, -0.2) is 22.2 Å². The highest BCUT2D eigenvalue weighted by Gasteiger charge is 2.10. The van der Waals surface area contributed by atoms with Crippen molar-refractivity contribution in [1.82, 2.24) is 10.6 Å². The minimum absolute atomic E-state index is 0.0138. The van der Waals surface area contributed by atoms with Crippen molar-refractivity contribution in [3.05, 3.63) is 44.6 Å². The molecular formula is C10H8N4O4S. The molecular weight excluding hydrogens is 272 g/mol. The molecule has 0 aromatic carbocycles. The van der Waals surface area contributed by atoms with Gasteiger partial charge in [0.05, 0.1) is 16.0 Å². The number of thiophene rings is 1. The van der Waals surface area contributed by atoms with Crippen molar-refractivity contribution in [3.63, 3.8) is 0 Å². The molecule has 8 nitrogen and oxygen atoms in total. The van der Waals surface area contributed by atoms with Gasteiger partial charge >= 0.3 is 5.00 Å². The Balaban J connectivity index is 1.96. The van der Waals surface area contributed by atoms with Gasteiger partial charge in [-0.1, -0.05) is 16.5 Å². The minimum atomic E-state index is -0.515. The zero-order valence-electron chi connectivity index (χ0n) is 9.69. The van der Waals surface area contributed by atoms with Crippen molar-refractivity contribution < 1.29 is 14.2 Å². The Morgan fingerprint density at radius 2 is 2.42 bits per heavy atom. The average Bonchev–Trinajstić information content (AvgIpc) is 2.98. The first kappa shape index (κ1) is 12.9. The second-order valence-corrected chi connectivity index (χ2v) is 4.55. The largest absolute Gasteiger partial charge is 0.361 e. The predicted octanol–water partition coefficient (Wildman–Crippen LogP) is 1.72. The summed E-state index contributed by atoms with van der Waals surface area (Å²) in [6.07, 6.45) is 1.32. The number of carbonyl (C=O) groups excluding carboxylic acids is 1. The van der Waals surface area contributed by atoms with Crippen molar-refractivity contribution in [2.45, 2.75) is 6.92 Å². The van der Waals surface area contributed by atoms with E-state index in [0.29, 0.717) is 10.6 Å². The number of rotatable bonds is 4. The van der Waals surface area contributed by atoms with Crippen LogP contribution in [0.4, 0.5) is 5.00 Å². The average molecular weight is 280 g/mol. The fourth-order valence-electron chi connectivity index (χ4n) is 1.19. The zero-order chi connectivity index (χ0) is 13.8. The number of hydrogen-bond donors (Lipinski definition) is 1. The normalized spacial score (nSPS) is 10.8. The van der Waals surface area contributed by atoms with Gasteiger partial charge in [0.15, 0.2) is 5.69 Å². The van der Waals surface area contributed by atoms with E-state index >= 15 is 0 Å². The second-order valence-electron chi connectivity index (χ2n) is 3.46. The van der Waals surface area contributed by atoms with Crippen LogP contribution in [0.15, 0.2) is 27.8 Å². The van der Waals surface area contributed by atoms with E-state index in [1.807, 2.05) is 0 Å². The quantitative estimate of drug-likeness (QED) is 0.520. The molecule has 0 aliphatic carbocycles. The fraction of sp³-hybridized carbons (Fsp3) is 0.100. The van der Waals surface area contributed by atoms with Crippen LogP contribution in [0.1, 0.15) is 21.1 Å². The van der Waals surface area contributed by atoms with Gasteiger partial charge in [-0.15, -0.1) is 0 Å². The molecule has 9 heteroatoms. The maximum atomic E-state index is 11.5. The third-order valence-electron chi connectivity index (χ3n) is 2.01. The summed E-state index contributed by atoms with van der Waals surface area (Å²) < 4.78 is 4.74. The standard InChI is InChI=1S/C10H8N4O4S/c1-6-4-8(13-18-6)10(15)12-11-5-7-2-3-9(19-7)14(16)17/h2-5H,1H3,(H,12,15). The molecule has 2 aromatic rings. The van der Waals surface area contributed by atoms with E-state index in [9.17, 15) is 14.9 Å². The molecule has 0 aliphatic heterocycles. The number of amides is 1. The lowest BCUT2D eigenvalue weighted by molar-refractivity contribution is -0.380. The highest BCUT2D eigenvalue weighted by Crippen LogP contribution is 2.22. The van der Waals surface area contributed by atoms with E-state index in [1.165, 1.54) is 18.3 Å². The molecule has 1 N–H and O–H groups in total. The van der Waals surface area contributed by atoms with E-state index < -0.39 is 10.8 Å². The molecule has 0 saturated carbocycles. The van der Waals surface area contributed by atoms with Crippen molar-refractivity contribution in [3.8, 4) is 0 Å². The molecule has 2 heterocycles. The molecule has 1 amide bonds. The SMILES string of the molecule is Cc1cc(C(=O)NN=Cc2ccc([N+](=O)[O-])s2)no1. The third-order valence-corrected chi connectivity index (χ3v) is 2.98. The monoisotopic (exact) mass is 280 g/mol. The number of nitrogens with zero attached hydrogens (tertiary/aromatic N) is 3. The number of aryl methyl sites for hydroxylation is 1. The molecule has 2 rings (SSSR count). The van der Waals surface area contributed by atoms with Crippen molar-refractivity contribution >= 4 is 28.5 Å². The molecule has 0 bridgehead atoms. The summed E-state index contributed by atoms with van der Waals surface area (Å²) in [5, 5.41) is 17.7. The number of nitro groups is 1. The molecule has 19 heavy (non-hydrogen) atoms. The predicted molar refractivity (Wildman–Crippen MR) is 67.3 cm³/mol. The third kappa shape index (κ3) is 3.22. The zero-order valence-corrected chi connectivity index (χ0v) is 10.5. The lowest BCUT2D eigenvalue weighted by Gasteiger charge is -1.92. The number of aromatic nitrogens is 1. The van der Waals surface area contributed by atoms with E-state index in [1.54, 1.807) is 13.0 Å². The maximum Gasteiger partial charge on any atom is 0.324 e. The Labute approximate surface area is 110 Å². The van der Waals surface area contributed by atoms with Gasteiger partial charge in [-0.3, -0.25) is 14.9 Å². The molecule has 0 radical (unpaired) electrons. The molecule has 0 fully saturated rings. The van der Waals surface area contributed by atoms with Crippen LogP contribution in [0.2, 0.25) is 0 Å². The van der Waals surface area contributed by atoms with Gasteiger partial charge in [0.25, 0.3) is 5.91 Å². The van der Waals surface area contributed by atoms with Crippen LogP contribution < -0.4 is 5.43 Å². The molecule has 0 aliphatic rings. The van der Waals surface area contributed by atoms with E-state index in [0.717, 1.165) is 11.3 Å². The maximum absolute atomic E-state index is 11.5. The second kappa shape index (κ2) is 5.40. The Hall–Kier alpha value is -2.55. The first-order valence-electron chi connectivity index (χ1n) is 5.07. The molecule has 0 unspecified atom stereocenters. The van der Waals surface area contributed by atoms with Gasteiger partial charge in [0.1, 0.15) is 5.76 Å². The van der Waals surface area contributed by atoms with Crippen molar-refractivity contribution in [2.75, 3.05) is 0 Å². The Morgan fingerprint density at radius 3 is 3.00 bits per heavy atom. The highest BCUT2D eigenvalue weighted by atomic mass is 32.1. The first-order chi connectivity index (χ1) is 9.06. The highest BCUT2D eigenvalue weighted by molar-refractivity contribution is 7.16. The summed E-state index contributed by atoms with van der Waals surface area (Å²) in [5.74, 6) is 0.00201. The van der Waals surface area contributed by atoms with Gasteiger partial charge in [-0.05, 0) is 13.0 Å². The number of nitrogens with one attached hydrogen (secondary N) is 1. The first-order valence-corrected chi connectivity index (χ1v) is 5.89. The summed E-state index contributed by atoms with van der Waals surface area (Å²) in [4.78, 5) is 22.0. The van der Waals surface area contributed by atoms with Gasteiger partial charge in [-0.2, -0.15) is 5.10 Å². The van der Waals surface area contributed by atoms with Gasteiger partial charge in [0.2, 0.25) is 0 Å². The van der Waals surface area contributed by atoms with E-state index in [-0.39, 0.29) is 10.7 Å². The van der Waals surface area contributed by atoms with Crippen LogP contribution in [-0.2, 0) is 0 Å². The van der Waals surface area contributed by atoms with Crippen LogP contribution in [0, 0.1) is 17.0 Å². The lowest BCUT2D eigenvalue weighted by atomic mass is 10.4. The smallest absolute Gasteiger partial charge is 0.324 e. The molecule has 0 spiro atoms. The number of hydrazone groups is 1. The Bertz CT molecular complexity index is 646. The molecule has 2 aromatic heterocycles. The van der Waals surface area contributed by atoms with Crippen LogP contribution >= 0.6 is 11.3 Å². The van der Waals surface area contributed by atoms with Gasteiger partial charge in [0, 0.05) is 12.1 Å². The summed E-state index contributed by atoms with van der Waals surface area (Å²) in [6, 6.07) is 4.38. The summed E-state index contributed by atoms with van der Waals surface area (Å²) in [6.45, 7) is 1.66. The van der Waals surface area contributed by atoms with Crippen LogP contribution in [0.25, 0.3) is 0 Å². The van der Waals surface area contributed by atoms with Crippen LogP contribution in [0.3, 0.4) is 0 Å². The summed E-state index contributed by atoms with van der Waals surface area (Å²) >= 11 is 0.959. The molecule has 0 saturated heterocycles. The van der Waals surface area contributed by atoms with Gasteiger partial charge in [-0.25, -0.2) is 5.43 Å². The van der Waals surface area contributed by atoms with E-state index in [4.69, 9.17) is 4.52 Å². The topological polar surface area (TPSA) is 111 Å². The fourth-order valence-corrected chi connectivity index (χ4v) is 1.89.